The second kappa shape index (κ2) is 12.7. The molecule has 1 heterocycles. The molecule has 0 aliphatic heterocycles. The number of alkyl halides is 3. The molecule has 2 rings (SSSR count). The Hall–Kier alpha value is -1.75. The van der Waals surface area contributed by atoms with Gasteiger partial charge in [-0.1, -0.05) is 24.3 Å². The molecule has 0 atom stereocenters. The van der Waals surface area contributed by atoms with Crippen LogP contribution in [0, 0.1) is 0 Å². The molecular weight excluding hydrogens is 484 g/mol. The van der Waals surface area contributed by atoms with Crippen LogP contribution in [0.2, 0.25) is 0 Å². The van der Waals surface area contributed by atoms with Gasteiger partial charge in [-0.15, -0.1) is 24.0 Å². The molecule has 1 aromatic heterocycles. The maximum absolute atomic E-state index is 12.2. The minimum Gasteiger partial charge on any atom is -0.367 e. The number of rotatable bonds is 9. The molecule has 0 unspecified atom stereocenters. The summed E-state index contributed by atoms with van der Waals surface area (Å²) in [6.07, 6.45) is -0.314. The molecule has 1 aromatic carbocycles. The number of nitrogens with zero attached hydrogens (tertiary/aromatic N) is 2. The van der Waals surface area contributed by atoms with Gasteiger partial charge >= 0.3 is 6.18 Å². The van der Waals surface area contributed by atoms with Crippen LogP contribution in [0.1, 0.15) is 18.1 Å². The van der Waals surface area contributed by atoms with E-state index < -0.39 is 12.8 Å². The second-order valence-electron chi connectivity index (χ2n) is 5.97. The summed E-state index contributed by atoms with van der Waals surface area (Å²) in [6, 6.07) is 11.2. The van der Waals surface area contributed by atoms with Gasteiger partial charge in [-0.2, -0.15) is 13.2 Å². The van der Waals surface area contributed by atoms with Crippen LogP contribution in [0.4, 0.5) is 13.2 Å². The van der Waals surface area contributed by atoms with Crippen molar-refractivity contribution in [3.8, 4) is 0 Å². The number of hydrogen-bond acceptors (Lipinski definition) is 2. The largest absolute Gasteiger partial charge is 0.411 e. The van der Waals surface area contributed by atoms with Crippen LogP contribution in [-0.2, 0) is 24.4 Å². The SMILES string of the molecule is CCNC(=NCc1cccc(COCC(F)(F)F)c1)NCCn1cccc1.I. The first kappa shape index (κ1) is 24.3. The molecule has 0 amide bonds. The number of benzene rings is 1. The molecule has 156 valence electrons. The molecule has 0 bridgehead atoms. The molecule has 2 N–H and O–H groups in total. The van der Waals surface area contributed by atoms with Crippen LogP contribution >= 0.6 is 24.0 Å². The Balaban J connectivity index is 0.00000392. The summed E-state index contributed by atoms with van der Waals surface area (Å²) in [4.78, 5) is 4.53. The Kier molecular flexibility index (Phi) is 11.0. The third kappa shape index (κ3) is 9.98. The van der Waals surface area contributed by atoms with Crippen molar-refractivity contribution in [1.29, 1.82) is 0 Å². The predicted octanol–water partition coefficient (Wildman–Crippen LogP) is 3.94. The van der Waals surface area contributed by atoms with Crippen LogP contribution < -0.4 is 10.6 Å². The standard InChI is InChI=1S/C19H25F3N4O.HI/c1-2-23-18(24-8-11-26-9-3-4-10-26)25-13-16-6-5-7-17(12-16)14-27-15-19(20,21)22;/h3-7,9-10,12H,2,8,11,13-15H2,1H3,(H2,23,24,25);1H. The molecule has 0 radical (unpaired) electrons. The number of aromatic nitrogens is 1. The van der Waals surface area contributed by atoms with Crippen LogP contribution in [0.3, 0.4) is 0 Å². The molecule has 9 heteroatoms. The predicted molar refractivity (Wildman–Crippen MR) is 115 cm³/mol. The molecular formula is C19H26F3IN4O. The molecule has 0 saturated heterocycles. The molecule has 0 spiro atoms. The van der Waals surface area contributed by atoms with Gasteiger partial charge in [0.25, 0.3) is 0 Å². The Labute approximate surface area is 180 Å². The van der Waals surface area contributed by atoms with E-state index in [0.29, 0.717) is 18.1 Å². The molecule has 28 heavy (non-hydrogen) atoms. The van der Waals surface area contributed by atoms with Gasteiger partial charge in [0.1, 0.15) is 6.61 Å². The number of guanidine groups is 1. The fourth-order valence-electron chi connectivity index (χ4n) is 2.44. The monoisotopic (exact) mass is 510 g/mol. The van der Waals surface area contributed by atoms with Crippen molar-refractivity contribution >= 4 is 29.9 Å². The van der Waals surface area contributed by atoms with E-state index in [2.05, 4.69) is 20.2 Å². The minimum absolute atomic E-state index is 0. The summed E-state index contributed by atoms with van der Waals surface area (Å²) in [7, 11) is 0. The smallest absolute Gasteiger partial charge is 0.367 e. The fraction of sp³-hybridized carbons (Fsp3) is 0.421. The van der Waals surface area contributed by atoms with E-state index >= 15 is 0 Å². The Morgan fingerprint density at radius 3 is 2.50 bits per heavy atom. The lowest BCUT2D eigenvalue weighted by Crippen LogP contribution is -2.38. The summed E-state index contributed by atoms with van der Waals surface area (Å²) in [6.45, 7) is 3.38. The summed E-state index contributed by atoms with van der Waals surface area (Å²) >= 11 is 0. The highest BCUT2D eigenvalue weighted by molar-refractivity contribution is 14.0. The lowest BCUT2D eigenvalue weighted by Gasteiger charge is -2.12. The Morgan fingerprint density at radius 2 is 1.82 bits per heavy atom. The van der Waals surface area contributed by atoms with Crippen LogP contribution in [-0.4, -0.2) is 36.4 Å². The van der Waals surface area contributed by atoms with E-state index in [1.54, 1.807) is 12.1 Å². The zero-order chi connectivity index (χ0) is 19.5. The number of halogens is 4. The highest BCUT2D eigenvalue weighted by Gasteiger charge is 2.27. The number of nitrogens with one attached hydrogen (secondary N) is 2. The van der Waals surface area contributed by atoms with Gasteiger partial charge in [0.2, 0.25) is 0 Å². The van der Waals surface area contributed by atoms with Gasteiger partial charge in [-0.3, -0.25) is 0 Å². The second-order valence-corrected chi connectivity index (χ2v) is 5.97. The summed E-state index contributed by atoms with van der Waals surface area (Å²) < 4.78 is 43.2. The highest BCUT2D eigenvalue weighted by atomic mass is 127. The van der Waals surface area contributed by atoms with E-state index in [1.165, 1.54) is 0 Å². The van der Waals surface area contributed by atoms with Crippen molar-refractivity contribution in [3.05, 3.63) is 59.9 Å². The first-order valence-electron chi connectivity index (χ1n) is 8.81. The first-order chi connectivity index (χ1) is 13.0. The van der Waals surface area contributed by atoms with Crippen molar-refractivity contribution in [2.24, 2.45) is 4.99 Å². The van der Waals surface area contributed by atoms with Gasteiger partial charge in [-0.05, 0) is 30.2 Å². The van der Waals surface area contributed by atoms with Gasteiger partial charge < -0.3 is 19.9 Å². The number of ether oxygens (including phenoxy) is 1. The molecule has 0 saturated carbocycles. The van der Waals surface area contributed by atoms with Gasteiger partial charge in [0.15, 0.2) is 5.96 Å². The molecule has 0 aliphatic rings. The first-order valence-corrected chi connectivity index (χ1v) is 8.81. The van der Waals surface area contributed by atoms with Gasteiger partial charge in [0.05, 0.1) is 13.2 Å². The molecule has 0 aliphatic carbocycles. The van der Waals surface area contributed by atoms with Crippen LogP contribution in [0.15, 0.2) is 53.8 Å². The van der Waals surface area contributed by atoms with E-state index in [0.717, 1.165) is 25.2 Å². The lowest BCUT2D eigenvalue weighted by molar-refractivity contribution is -0.176. The molecule has 5 nitrogen and oxygen atoms in total. The fourth-order valence-corrected chi connectivity index (χ4v) is 2.44. The minimum atomic E-state index is -4.31. The summed E-state index contributed by atoms with van der Waals surface area (Å²) in [5.41, 5.74) is 1.60. The Bertz CT molecular complexity index is 705. The topological polar surface area (TPSA) is 50.6 Å². The molecule has 2 aromatic rings. The zero-order valence-corrected chi connectivity index (χ0v) is 18.0. The highest BCUT2D eigenvalue weighted by Crippen LogP contribution is 2.16. The zero-order valence-electron chi connectivity index (χ0n) is 15.7. The van der Waals surface area contributed by atoms with E-state index in [4.69, 9.17) is 4.74 Å². The maximum Gasteiger partial charge on any atom is 0.411 e. The number of hydrogen-bond donors (Lipinski definition) is 2. The average molecular weight is 510 g/mol. The summed E-state index contributed by atoms with van der Waals surface area (Å²) in [5.74, 6) is 0.698. The maximum atomic E-state index is 12.2. The van der Waals surface area contributed by atoms with Crippen LogP contribution in [0.25, 0.3) is 0 Å². The van der Waals surface area contributed by atoms with E-state index in [-0.39, 0.29) is 30.6 Å². The van der Waals surface area contributed by atoms with Crippen molar-refractivity contribution < 1.29 is 17.9 Å². The van der Waals surface area contributed by atoms with Gasteiger partial charge in [0, 0.05) is 32.0 Å². The third-order valence-corrected chi connectivity index (χ3v) is 3.62. The normalized spacial score (nSPS) is 11.8. The lowest BCUT2D eigenvalue weighted by atomic mass is 10.1. The molecule has 0 fully saturated rings. The van der Waals surface area contributed by atoms with E-state index in [1.807, 2.05) is 43.6 Å². The number of aliphatic imine (C=N–C) groups is 1. The Morgan fingerprint density at radius 1 is 1.11 bits per heavy atom. The van der Waals surface area contributed by atoms with Crippen molar-refractivity contribution in [1.82, 2.24) is 15.2 Å². The van der Waals surface area contributed by atoms with Gasteiger partial charge in [-0.25, -0.2) is 4.99 Å². The average Bonchev–Trinajstić information content (AvgIpc) is 3.12. The third-order valence-electron chi connectivity index (χ3n) is 3.62. The quantitative estimate of drug-likeness (QED) is 0.306. The summed E-state index contributed by atoms with van der Waals surface area (Å²) in [5, 5.41) is 6.44. The van der Waals surface area contributed by atoms with Crippen LogP contribution in [0.5, 0.6) is 0 Å². The van der Waals surface area contributed by atoms with Crippen molar-refractivity contribution in [2.75, 3.05) is 19.7 Å². The van der Waals surface area contributed by atoms with Crippen molar-refractivity contribution in [2.45, 2.75) is 32.8 Å². The van der Waals surface area contributed by atoms with E-state index in [9.17, 15) is 13.2 Å². The van der Waals surface area contributed by atoms with Crippen molar-refractivity contribution in [3.63, 3.8) is 0 Å².